The van der Waals surface area contributed by atoms with Crippen molar-refractivity contribution in [3.05, 3.63) is 84.7 Å². The summed E-state index contributed by atoms with van der Waals surface area (Å²) in [5.74, 6) is -0.384. The molecule has 1 fully saturated rings. The molecule has 1 aliphatic heterocycles. The van der Waals surface area contributed by atoms with Gasteiger partial charge in [-0.05, 0) is 37.1 Å². The van der Waals surface area contributed by atoms with Crippen molar-refractivity contribution < 1.29 is 13.6 Å². The summed E-state index contributed by atoms with van der Waals surface area (Å²) in [6.07, 6.45) is 5.07. The number of imidazole rings is 1. The molecule has 1 unspecified atom stereocenters. The molecule has 34 heavy (non-hydrogen) atoms. The van der Waals surface area contributed by atoms with Crippen LogP contribution >= 0.6 is 0 Å². The third-order valence-corrected chi connectivity index (χ3v) is 5.86. The van der Waals surface area contributed by atoms with Crippen molar-refractivity contribution in [2.45, 2.75) is 12.8 Å². The zero-order valence-electron chi connectivity index (χ0n) is 18.2. The quantitative estimate of drug-likeness (QED) is 0.476. The lowest BCUT2D eigenvalue weighted by atomic mass is 9.97. The fourth-order valence-electron chi connectivity index (χ4n) is 4.12. The molecule has 1 saturated heterocycles. The molecule has 1 atom stereocenters. The average Bonchev–Trinajstić information content (AvgIpc) is 3.37. The van der Waals surface area contributed by atoms with Crippen molar-refractivity contribution in [2.24, 2.45) is 5.92 Å². The number of nitrogens with zero attached hydrogens (tertiary/aromatic N) is 5. The summed E-state index contributed by atoms with van der Waals surface area (Å²) >= 11 is 0. The van der Waals surface area contributed by atoms with E-state index in [9.17, 15) is 13.6 Å². The molecule has 1 aliphatic rings. The van der Waals surface area contributed by atoms with Crippen LogP contribution in [0.25, 0.3) is 17.2 Å². The minimum absolute atomic E-state index is 0.230. The van der Waals surface area contributed by atoms with Gasteiger partial charge in [0.15, 0.2) is 23.3 Å². The Morgan fingerprint density at radius 1 is 0.971 bits per heavy atom. The lowest BCUT2D eigenvalue weighted by Crippen LogP contribution is -2.41. The molecule has 0 spiro atoms. The normalized spacial score (nSPS) is 15.8. The summed E-state index contributed by atoms with van der Waals surface area (Å²) in [6.45, 7) is 1.22. The molecule has 7 nitrogen and oxygen atoms in total. The van der Waals surface area contributed by atoms with Gasteiger partial charge in [-0.2, -0.15) is 0 Å². The predicted molar refractivity (Wildman–Crippen MR) is 125 cm³/mol. The van der Waals surface area contributed by atoms with Crippen molar-refractivity contribution in [3.8, 4) is 17.2 Å². The van der Waals surface area contributed by atoms with E-state index >= 15 is 0 Å². The highest BCUT2D eigenvalue weighted by molar-refractivity contribution is 5.93. The van der Waals surface area contributed by atoms with Crippen molar-refractivity contribution in [2.75, 3.05) is 23.3 Å². The molecule has 5 rings (SSSR count). The Hall–Kier alpha value is -4.14. The molecule has 2 aromatic carbocycles. The third-order valence-electron chi connectivity index (χ3n) is 5.86. The zero-order valence-corrected chi connectivity index (χ0v) is 18.2. The zero-order chi connectivity index (χ0) is 23.5. The number of rotatable bonds is 5. The van der Waals surface area contributed by atoms with Crippen molar-refractivity contribution >= 4 is 17.4 Å². The van der Waals surface area contributed by atoms with Crippen molar-refractivity contribution in [3.63, 3.8) is 0 Å². The number of aromatic nitrogens is 4. The van der Waals surface area contributed by atoms with Gasteiger partial charge in [0.25, 0.3) is 0 Å². The van der Waals surface area contributed by atoms with E-state index in [1.54, 1.807) is 6.20 Å². The molecule has 3 heterocycles. The van der Waals surface area contributed by atoms with Gasteiger partial charge in [0.2, 0.25) is 5.91 Å². The Bertz CT molecular complexity index is 1290. The van der Waals surface area contributed by atoms with Gasteiger partial charge in [-0.1, -0.05) is 30.3 Å². The van der Waals surface area contributed by atoms with Crippen molar-refractivity contribution in [1.82, 2.24) is 19.7 Å². The number of amides is 1. The Balaban J connectivity index is 1.28. The Kier molecular flexibility index (Phi) is 5.99. The van der Waals surface area contributed by atoms with E-state index in [1.165, 1.54) is 6.07 Å². The molecule has 4 aromatic rings. The lowest BCUT2D eigenvalue weighted by molar-refractivity contribution is -0.120. The Morgan fingerprint density at radius 2 is 1.76 bits per heavy atom. The molecular formula is C25H22F2N6O. The summed E-state index contributed by atoms with van der Waals surface area (Å²) in [6, 6.07) is 16.9. The Morgan fingerprint density at radius 3 is 2.53 bits per heavy atom. The maximum atomic E-state index is 13.5. The van der Waals surface area contributed by atoms with Crippen LogP contribution in [-0.2, 0) is 4.79 Å². The van der Waals surface area contributed by atoms with Crippen LogP contribution in [0.15, 0.2) is 73.1 Å². The molecule has 0 radical (unpaired) electrons. The van der Waals surface area contributed by atoms with Crippen LogP contribution in [0.1, 0.15) is 12.8 Å². The molecule has 0 bridgehead atoms. The molecule has 1 N–H and O–H groups in total. The monoisotopic (exact) mass is 460 g/mol. The highest BCUT2D eigenvalue weighted by atomic mass is 19.2. The maximum absolute atomic E-state index is 13.5. The second kappa shape index (κ2) is 9.38. The summed E-state index contributed by atoms with van der Waals surface area (Å²) in [4.78, 5) is 19.2. The first-order valence-corrected chi connectivity index (χ1v) is 11.0. The van der Waals surface area contributed by atoms with Gasteiger partial charge in [0.1, 0.15) is 5.82 Å². The molecule has 9 heteroatoms. The molecule has 172 valence electrons. The number of hydrogen-bond acceptors (Lipinski definition) is 5. The minimum atomic E-state index is -0.994. The summed E-state index contributed by atoms with van der Waals surface area (Å²) in [5.41, 5.74) is 1.21. The van der Waals surface area contributed by atoms with Gasteiger partial charge in [-0.25, -0.2) is 13.8 Å². The topological polar surface area (TPSA) is 75.9 Å². The maximum Gasteiger partial charge on any atom is 0.229 e. The number of halogens is 2. The number of hydrogen-bond donors (Lipinski definition) is 1. The highest BCUT2D eigenvalue weighted by Crippen LogP contribution is 2.25. The van der Waals surface area contributed by atoms with Crippen LogP contribution in [0, 0.1) is 17.6 Å². The van der Waals surface area contributed by atoms with E-state index in [0.717, 1.165) is 36.5 Å². The largest absolute Gasteiger partial charge is 0.354 e. The van der Waals surface area contributed by atoms with Gasteiger partial charge in [-0.3, -0.25) is 9.36 Å². The van der Waals surface area contributed by atoms with E-state index in [4.69, 9.17) is 0 Å². The first-order valence-electron chi connectivity index (χ1n) is 11.0. The van der Waals surface area contributed by atoms with Gasteiger partial charge >= 0.3 is 0 Å². The fourth-order valence-corrected chi connectivity index (χ4v) is 4.12. The van der Waals surface area contributed by atoms with Crippen molar-refractivity contribution in [1.29, 1.82) is 0 Å². The molecule has 0 aliphatic carbocycles. The number of nitrogens with one attached hydrogen (secondary N) is 1. The van der Waals surface area contributed by atoms with E-state index in [-0.39, 0.29) is 17.5 Å². The molecule has 1 amide bonds. The third kappa shape index (κ3) is 4.50. The molecule has 0 saturated carbocycles. The number of benzene rings is 2. The molecular weight excluding hydrogens is 438 g/mol. The summed E-state index contributed by atoms with van der Waals surface area (Å²) in [7, 11) is 0. The first-order chi connectivity index (χ1) is 16.6. The standard InChI is InChI=1S/C25H22F2N6O/c26-20-9-8-19(15-21(20)27)29-25(34)18-7-4-13-32(16-18)22-10-11-23(31-30-22)33-14-12-28-24(33)17-5-2-1-3-6-17/h1-3,5-6,8-12,14-15,18H,4,7,13,16H2,(H,29,34). The number of carbonyl (C=O) groups excluding carboxylic acids is 1. The SMILES string of the molecule is O=C(Nc1ccc(F)c(F)c1)C1CCCN(c2ccc(-n3ccnc3-c3ccccc3)nn2)C1. The summed E-state index contributed by atoms with van der Waals surface area (Å²) < 4.78 is 28.5. The van der Waals surface area contributed by atoms with Gasteiger partial charge < -0.3 is 10.2 Å². The first kappa shape index (κ1) is 21.7. The van der Waals surface area contributed by atoms with Gasteiger partial charge in [-0.15, -0.1) is 10.2 Å². The number of anilines is 2. The fraction of sp³-hybridized carbons (Fsp3) is 0.200. The van der Waals surface area contributed by atoms with E-state index in [2.05, 4.69) is 20.5 Å². The van der Waals surface area contributed by atoms with E-state index in [1.807, 2.05) is 58.1 Å². The predicted octanol–water partition coefficient (Wildman–Crippen LogP) is 4.46. The van der Waals surface area contributed by atoms with Crippen LogP contribution < -0.4 is 10.2 Å². The van der Waals surface area contributed by atoms with Crippen LogP contribution in [0.2, 0.25) is 0 Å². The van der Waals surface area contributed by atoms with Gasteiger partial charge in [0, 0.05) is 42.8 Å². The highest BCUT2D eigenvalue weighted by Gasteiger charge is 2.27. The van der Waals surface area contributed by atoms with Crippen LogP contribution in [0.4, 0.5) is 20.3 Å². The van der Waals surface area contributed by atoms with Crippen LogP contribution in [-0.4, -0.2) is 38.7 Å². The van der Waals surface area contributed by atoms with E-state index in [0.29, 0.717) is 24.6 Å². The second-order valence-corrected chi connectivity index (χ2v) is 8.14. The van der Waals surface area contributed by atoms with Crippen LogP contribution in [0.3, 0.4) is 0 Å². The minimum Gasteiger partial charge on any atom is -0.354 e. The Labute approximate surface area is 195 Å². The lowest BCUT2D eigenvalue weighted by Gasteiger charge is -2.32. The van der Waals surface area contributed by atoms with E-state index < -0.39 is 11.6 Å². The molecule has 2 aromatic heterocycles. The second-order valence-electron chi connectivity index (χ2n) is 8.14. The smallest absolute Gasteiger partial charge is 0.229 e. The summed E-state index contributed by atoms with van der Waals surface area (Å²) in [5, 5.41) is 11.5. The van der Waals surface area contributed by atoms with Crippen LogP contribution in [0.5, 0.6) is 0 Å². The number of piperidine rings is 1. The number of carbonyl (C=O) groups is 1. The van der Waals surface area contributed by atoms with Gasteiger partial charge in [0.05, 0.1) is 5.92 Å². The average molecular weight is 460 g/mol.